The van der Waals surface area contributed by atoms with Crippen molar-refractivity contribution in [2.45, 2.75) is 31.9 Å². The summed E-state index contributed by atoms with van der Waals surface area (Å²) in [5.74, 6) is 1.08. The normalized spacial score (nSPS) is 33.2. The summed E-state index contributed by atoms with van der Waals surface area (Å²) in [4.78, 5) is 25.8. The summed E-state index contributed by atoms with van der Waals surface area (Å²) in [6.45, 7) is 5.64. The van der Waals surface area contributed by atoms with Gasteiger partial charge in [-0.3, -0.25) is 4.79 Å². The van der Waals surface area contributed by atoms with Gasteiger partial charge >= 0.3 is 12.0 Å². The molecule has 2 heterocycles. The van der Waals surface area contributed by atoms with E-state index in [1.807, 2.05) is 25.6 Å². The summed E-state index contributed by atoms with van der Waals surface area (Å²) in [6.07, 6.45) is 2.42. The molecule has 2 amide bonds. The van der Waals surface area contributed by atoms with Crippen LogP contribution in [-0.2, 0) is 9.53 Å². The van der Waals surface area contributed by atoms with Crippen LogP contribution in [0.5, 0.6) is 0 Å². The van der Waals surface area contributed by atoms with Crippen molar-refractivity contribution >= 4 is 23.8 Å². The molecular weight excluding hydrogens is 276 g/mol. The highest BCUT2D eigenvalue weighted by molar-refractivity contribution is 8.00. The Morgan fingerprint density at radius 1 is 1.50 bits per heavy atom. The molecule has 0 aliphatic carbocycles. The molecule has 0 bridgehead atoms. The lowest BCUT2D eigenvalue weighted by Gasteiger charge is -2.24. The molecule has 0 unspecified atom stereocenters. The van der Waals surface area contributed by atoms with Crippen molar-refractivity contribution in [1.29, 1.82) is 0 Å². The fourth-order valence-electron chi connectivity index (χ4n) is 2.92. The number of esters is 1. The maximum atomic E-state index is 12.2. The zero-order chi connectivity index (χ0) is 14.8. The summed E-state index contributed by atoms with van der Waals surface area (Å²) in [6, 6.07) is -0.0584. The van der Waals surface area contributed by atoms with Gasteiger partial charge in [0.15, 0.2) is 0 Å². The van der Waals surface area contributed by atoms with Crippen molar-refractivity contribution in [1.82, 2.24) is 10.2 Å². The molecule has 2 aliphatic rings. The minimum absolute atomic E-state index is 0.0584. The Bertz CT molecular complexity index is 385. The maximum absolute atomic E-state index is 12.2. The van der Waals surface area contributed by atoms with E-state index in [2.05, 4.69) is 5.32 Å². The number of nitrogens with one attached hydrogen (secondary N) is 1. The Hall–Kier alpha value is -0.910. The third-order valence-corrected chi connectivity index (χ3v) is 5.94. The zero-order valence-corrected chi connectivity index (χ0v) is 13.3. The molecule has 0 aromatic heterocycles. The monoisotopic (exact) mass is 300 g/mol. The Morgan fingerprint density at radius 2 is 2.25 bits per heavy atom. The fourth-order valence-corrected chi connectivity index (χ4v) is 4.12. The van der Waals surface area contributed by atoms with Crippen molar-refractivity contribution in [3.05, 3.63) is 0 Å². The van der Waals surface area contributed by atoms with Crippen LogP contribution in [0.25, 0.3) is 0 Å². The van der Waals surface area contributed by atoms with Gasteiger partial charge in [-0.2, -0.15) is 11.8 Å². The predicted octanol–water partition coefficient (Wildman–Crippen LogP) is 1.72. The van der Waals surface area contributed by atoms with Crippen LogP contribution < -0.4 is 5.32 Å². The average molecular weight is 300 g/mol. The van der Waals surface area contributed by atoms with Crippen LogP contribution in [-0.4, -0.2) is 54.6 Å². The van der Waals surface area contributed by atoms with Crippen LogP contribution in [0.15, 0.2) is 0 Å². The van der Waals surface area contributed by atoms with Gasteiger partial charge in [-0.1, -0.05) is 6.92 Å². The Labute approximate surface area is 124 Å². The quantitative estimate of drug-likeness (QED) is 0.806. The SMILES string of the molecule is COC(=O)[C@]1(C)CN(C(=O)NC[C@@H]2CCCS2)C[C@H]1C. The van der Waals surface area contributed by atoms with E-state index in [1.54, 1.807) is 4.90 Å². The molecule has 2 rings (SSSR count). The second-order valence-electron chi connectivity index (χ2n) is 6.01. The van der Waals surface area contributed by atoms with Crippen LogP contribution >= 0.6 is 11.8 Å². The van der Waals surface area contributed by atoms with Crippen LogP contribution in [0.1, 0.15) is 26.7 Å². The minimum atomic E-state index is -0.589. The number of rotatable bonds is 3. The van der Waals surface area contributed by atoms with Gasteiger partial charge in [0.1, 0.15) is 0 Å². The van der Waals surface area contributed by atoms with Crippen LogP contribution in [0.2, 0.25) is 0 Å². The molecule has 5 nitrogen and oxygen atoms in total. The van der Waals surface area contributed by atoms with E-state index in [0.29, 0.717) is 18.3 Å². The standard InChI is InChI=1S/C14H24N2O3S/c1-10-8-16(9-14(10,2)12(17)19-3)13(18)15-7-11-5-4-6-20-11/h10-11H,4-9H2,1-3H3,(H,15,18)/t10-,11+,14-/m1/s1. The van der Waals surface area contributed by atoms with E-state index in [-0.39, 0.29) is 17.9 Å². The second kappa shape index (κ2) is 6.24. The molecule has 0 saturated carbocycles. The third kappa shape index (κ3) is 3.05. The Morgan fingerprint density at radius 3 is 2.85 bits per heavy atom. The van der Waals surface area contributed by atoms with Gasteiger partial charge in [-0.05, 0) is 31.4 Å². The van der Waals surface area contributed by atoms with E-state index >= 15 is 0 Å². The van der Waals surface area contributed by atoms with Gasteiger partial charge in [-0.25, -0.2) is 4.79 Å². The van der Waals surface area contributed by atoms with Crippen molar-refractivity contribution < 1.29 is 14.3 Å². The molecule has 0 aromatic carbocycles. The first-order chi connectivity index (χ1) is 9.47. The highest BCUT2D eigenvalue weighted by Gasteiger charge is 2.48. The number of methoxy groups -OCH3 is 1. The molecule has 2 fully saturated rings. The molecule has 114 valence electrons. The van der Waals surface area contributed by atoms with Gasteiger partial charge < -0.3 is 15.0 Å². The first-order valence-corrected chi connectivity index (χ1v) is 8.25. The van der Waals surface area contributed by atoms with Crippen molar-refractivity contribution in [2.24, 2.45) is 11.3 Å². The van der Waals surface area contributed by atoms with E-state index in [9.17, 15) is 9.59 Å². The summed E-state index contributed by atoms with van der Waals surface area (Å²) in [5.41, 5.74) is -0.589. The number of carbonyl (C=O) groups is 2. The number of nitrogens with zero attached hydrogens (tertiary/aromatic N) is 1. The number of carbonyl (C=O) groups excluding carboxylic acids is 2. The topological polar surface area (TPSA) is 58.6 Å². The second-order valence-corrected chi connectivity index (χ2v) is 7.42. The van der Waals surface area contributed by atoms with Crippen molar-refractivity contribution in [2.75, 3.05) is 32.5 Å². The predicted molar refractivity (Wildman–Crippen MR) is 79.7 cm³/mol. The summed E-state index contributed by atoms with van der Waals surface area (Å²) < 4.78 is 4.88. The van der Waals surface area contributed by atoms with Gasteiger partial charge in [0.2, 0.25) is 0 Å². The number of amides is 2. The van der Waals surface area contributed by atoms with Crippen LogP contribution in [0.3, 0.4) is 0 Å². The summed E-state index contributed by atoms with van der Waals surface area (Å²) in [7, 11) is 1.40. The largest absolute Gasteiger partial charge is 0.469 e. The molecule has 20 heavy (non-hydrogen) atoms. The third-order valence-electron chi connectivity index (χ3n) is 4.55. The molecule has 0 aromatic rings. The summed E-state index contributed by atoms with van der Waals surface area (Å²) in [5, 5.41) is 3.54. The van der Waals surface area contributed by atoms with Crippen molar-refractivity contribution in [3.63, 3.8) is 0 Å². The molecule has 1 N–H and O–H groups in total. The van der Waals surface area contributed by atoms with Crippen LogP contribution in [0, 0.1) is 11.3 Å². The van der Waals surface area contributed by atoms with Gasteiger partial charge in [0, 0.05) is 24.9 Å². The molecule has 0 spiro atoms. The molecule has 0 radical (unpaired) electrons. The Kier molecular flexibility index (Phi) is 4.83. The highest BCUT2D eigenvalue weighted by atomic mass is 32.2. The first-order valence-electron chi connectivity index (χ1n) is 7.20. The molecular formula is C14H24N2O3S. The van der Waals surface area contributed by atoms with E-state index in [4.69, 9.17) is 4.74 Å². The van der Waals surface area contributed by atoms with E-state index in [0.717, 1.165) is 6.54 Å². The Balaban J connectivity index is 1.87. The minimum Gasteiger partial charge on any atom is -0.469 e. The molecule has 2 aliphatic heterocycles. The number of hydrogen-bond acceptors (Lipinski definition) is 4. The van der Waals surface area contributed by atoms with E-state index < -0.39 is 5.41 Å². The average Bonchev–Trinajstić information content (AvgIpc) is 3.05. The lowest BCUT2D eigenvalue weighted by molar-refractivity contribution is -0.152. The smallest absolute Gasteiger partial charge is 0.317 e. The molecule has 3 atom stereocenters. The van der Waals surface area contributed by atoms with Gasteiger partial charge in [0.25, 0.3) is 0 Å². The number of ether oxygens (including phenoxy) is 1. The van der Waals surface area contributed by atoms with Gasteiger partial charge in [-0.15, -0.1) is 0 Å². The number of urea groups is 1. The maximum Gasteiger partial charge on any atom is 0.317 e. The molecule has 2 saturated heterocycles. The fraction of sp³-hybridized carbons (Fsp3) is 0.857. The lowest BCUT2D eigenvalue weighted by atomic mass is 9.81. The number of likely N-dealkylation sites (tertiary alicyclic amines) is 1. The highest BCUT2D eigenvalue weighted by Crippen LogP contribution is 2.36. The van der Waals surface area contributed by atoms with Crippen LogP contribution in [0.4, 0.5) is 4.79 Å². The van der Waals surface area contributed by atoms with E-state index in [1.165, 1.54) is 25.7 Å². The molecule has 6 heteroatoms. The number of hydrogen-bond donors (Lipinski definition) is 1. The van der Waals surface area contributed by atoms with Gasteiger partial charge in [0.05, 0.1) is 12.5 Å². The van der Waals surface area contributed by atoms with Crippen molar-refractivity contribution in [3.8, 4) is 0 Å². The zero-order valence-electron chi connectivity index (χ0n) is 12.5. The summed E-state index contributed by atoms with van der Waals surface area (Å²) >= 11 is 1.93. The lowest BCUT2D eigenvalue weighted by Crippen LogP contribution is -2.43. The number of thioether (sulfide) groups is 1. The first kappa shape index (κ1) is 15.5.